The third-order valence-corrected chi connectivity index (χ3v) is 1.93. The van der Waals surface area contributed by atoms with Crippen molar-refractivity contribution in [2.45, 2.75) is 11.5 Å². The second-order valence-electron chi connectivity index (χ2n) is 1.74. The van der Waals surface area contributed by atoms with E-state index >= 15 is 0 Å². The van der Waals surface area contributed by atoms with Crippen molar-refractivity contribution in [1.82, 2.24) is 0 Å². The third-order valence-electron chi connectivity index (χ3n) is 0.975. The van der Waals surface area contributed by atoms with Gasteiger partial charge in [0.25, 0.3) is 0 Å². The van der Waals surface area contributed by atoms with Gasteiger partial charge in [0.1, 0.15) is 6.29 Å². The number of furan rings is 1. The molecule has 0 N–H and O–H groups in total. The molecular formula is C7H8O2S. The Morgan fingerprint density at radius 3 is 3.20 bits per heavy atom. The van der Waals surface area contributed by atoms with Crippen LogP contribution in [0.3, 0.4) is 0 Å². The molecule has 0 aromatic carbocycles. The Kier molecular flexibility index (Phi) is 3.09. The monoisotopic (exact) mass is 156 g/mol. The van der Waals surface area contributed by atoms with E-state index in [2.05, 4.69) is 0 Å². The maximum absolute atomic E-state index is 9.89. The summed E-state index contributed by atoms with van der Waals surface area (Å²) in [5.41, 5.74) is 0. The normalized spacial score (nSPS) is 9.60. The van der Waals surface area contributed by atoms with Crippen LogP contribution in [-0.4, -0.2) is 12.0 Å². The summed E-state index contributed by atoms with van der Waals surface area (Å²) < 4.78 is 5.03. The van der Waals surface area contributed by atoms with Crippen molar-refractivity contribution in [3.63, 3.8) is 0 Å². The Bertz CT molecular complexity index is 181. The van der Waals surface area contributed by atoms with Gasteiger partial charge in [-0.2, -0.15) is 0 Å². The molecule has 0 radical (unpaired) electrons. The summed E-state index contributed by atoms with van der Waals surface area (Å²) in [6.45, 7) is 0. The van der Waals surface area contributed by atoms with Gasteiger partial charge in [-0.05, 0) is 12.1 Å². The summed E-state index contributed by atoms with van der Waals surface area (Å²) in [5, 5.41) is 0.877. The topological polar surface area (TPSA) is 30.2 Å². The average molecular weight is 156 g/mol. The minimum atomic E-state index is 0.589. The quantitative estimate of drug-likeness (QED) is 0.379. The van der Waals surface area contributed by atoms with Crippen LogP contribution in [0.15, 0.2) is 27.9 Å². The molecule has 0 spiro atoms. The molecule has 10 heavy (non-hydrogen) atoms. The molecule has 2 nitrogen and oxygen atoms in total. The Balaban J connectivity index is 2.21. The largest absolute Gasteiger partial charge is 0.458 e. The zero-order valence-electron chi connectivity index (χ0n) is 5.45. The van der Waals surface area contributed by atoms with E-state index < -0.39 is 0 Å². The molecule has 0 bridgehead atoms. The minimum Gasteiger partial charge on any atom is -0.458 e. The van der Waals surface area contributed by atoms with E-state index in [1.807, 2.05) is 12.1 Å². The molecule has 0 saturated heterocycles. The lowest BCUT2D eigenvalue weighted by atomic mass is 10.6. The molecule has 3 heteroatoms. The number of thioether (sulfide) groups is 1. The summed E-state index contributed by atoms with van der Waals surface area (Å²) in [5.74, 6) is 0.803. The first kappa shape index (κ1) is 7.41. The molecule has 0 aliphatic carbocycles. The lowest BCUT2D eigenvalue weighted by Crippen LogP contribution is -1.77. The highest BCUT2D eigenvalue weighted by Crippen LogP contribution is 2.17. The van der Waals surface area contributed by atoms with Gasteiger partial charge in [0.2, 0.25) is 0 Å². The molecule has 0 amide bonds. The van der Waals surface area contributed by atoms with Gasteiger partial charge in [0.05, 0.1) is 6.26 Å². The molecule has 54 valence electrons. The Labute approximate surface area is 63.6 Å². The highest BCUT2D eigenvalue weighted by molar-refractivity contribution is 7.99. The van der Waals surface area contributed by atoms with Crippen molar-refractivity contribution in [2.75, 3.05) is 5.75 Å². The van der Waals surface area contributed by atoms with E-state index in [1.165, 1.54) is 0 Å². The van der Waals surface area contributed by atoms with Crippen molar-refractivity contribution in [3.05, 3.63) is 18.4 Å². The van der Waals surface area contributed by atoms with E-state index in [0.717, 1.165) is 17.1 Å². The zero-order valence-corrected chi connectivity index (χ0v) is 6.26. The van der Waals surface area contributed by atoms with E-state index in [1.54, 1.807) is 18.0 Å². The molecule has 0 saturated carbocycles. The molecule has 0 fully saturated rings. The van der Waals surface area contributed by atoms with Gasteiger partial charge in [-0.1, -0.05) is 11.8 Å². The van der Waals surface area contributed by atoms with Crippen LogP contribution >= 0.6 is 11.8 Å². The molecule has 1 rings (SSSR count). The van der Waals surface area contributed by atoms with E-state index in [0.29, 0.717) is 6.42 Å². The second kappa shape index (κ2) is 4.17. The van der Waals surface area contributed by atoms with Crippen LogP contribution < -0.4 is 0 Å². The Morgan fingerprint density at radius 2 is 2.60 bits per heavy atom. The van der Waals surface area contributed by atoms with Crippen molar-refractivity contribution in [2.24, 2.45) is 0 Å². The van der Waals surface area contributed by atoms with Crippen molar-refractivity contribution < 1.29 is 9.21 Å². The first-order valence-electron chi connectivity index (χ1n) is 3.03. The number of hydrogen-bond donors (Lipinski definition) is 0. The van der Waals surface area contributed by atoms with Crippen LogP contribution in [0.5, 0.6) is 0 Å². The molecule has 0 atom stereocenters. The number of carbonyl (C=O) groups is 1. The van der Waals surface area contributed by atoms with Crippen LogP contribution in [0, 0.1) is 0 Å². The standard InChI is InChI=1S/C7H8O2S/c8-4-2-6-10-7-3-1-5-9-7/h1,3-5H,2,6H2. The zero-order chi connectivity index (χ0) is 7.23. The minimum absolute atomic E-state index is 0.589. The van der Waals surface area contributed by atoms with Crippen LogP contribution in [0.1, 0.15) is 6.42 Å². The molecule has 0 aliphatic rings. The fourth-order valence-corrected chi connectivity index (χ4v) is 1.27. The summed E-state index contributed by atoms with van der Waals surface area (Å²) in [7, 11) is 0. The van der Waals surface area contributed by atoms with Crippen molar-refractivity contribution >= 4 is 18.0 Å². The molecule has 1 aromatic rings. The second-order valence-corrected chi connectivity index (χ2v) is 2.84. The average Bonchev–Trinajstić information content (AvgIpc) is 2.41. The van der Waals surface area contributed by atoms with Gasteiger partial charge in [0.15, 0.2) is 5.09 Å². The van der Waals surface area contributed by atoms with Crippen molar-refractivity contribution in [3.8, 4) is 0 Å². The number of hydrogen-bond acceptors (Lipinski definition) is 3. The Morgan fingerprint density at radius 1 is 1.70 bits per heavy atom. The number of rotatable bonds is 4. The maximum Gasteiger partial charge on any atom is 0.160 e. The van der Waals surface area contributed by atoms with Crippen LogP contribution in [-0.2, 0) is 4.79 Å². The van der Waals surface area contributed by atoms with Gasteiger partial charge in [-0.15, -0.1) is 0 Å². The highest BCUT2D eigenvalue weighted by Gasteiger charge is 1.93. The molecule has 1 aromatic heterocycles. The summed E-state index contributed by atoms with van der Waals surface area (Å²) >= 11 is 1.55. The van der Waals surface area contributed by atoms with Crippen LogP contribution in [0.2, 0.25) is 0 Å². The SMILES string of the molecule is O=CCCSc1ccco1. The first-order chi connectivity index (χ1) is 4.93. The maximum atomic E-state index is 9.89. The summed E-state index contributed by atoms with van der Waals surface area (Å²) in [6, 6.07) is 3.72. The highest BCUT2D eigenvalue weighted by atomic mass is 32.2. The fraction of sp³-hybridized carbons (Fsp3) is 0.286. The van der Waals surface area contributed by atoms with Gasteiger partial charge < -0.3 is 9.21 Å². The van der Waals surface area contributed by atoms with E-state index in [4.69, 9.17) is 4.42 Å². The van der Waals surface area contributed by atoms with Gasteiger partial charge >= 0.3 is 0 Å². The molecular weight excluding hydrogens is 148 g/mol. The predicted octanol–water partition coefficient (Wildman–Crippen LogP) is 1.96. The number of aldehydes is 1. The first-order valence-corrected chi connectivity index (χ1v) is 4.02. The fourth-order valence-electron chi connectivity index (χ4n) is 0.553. The van der Waals surface area contributed by atoms with Gasteiger partial charge in [0, 0.05) is 12.2 Å². The third kappa shape index (κ3) is 2.27. The molecule has 0 aliphatic heterocycles. The van der Waals surface area contributed by atoms with E-state index in [9.17, 15) is 4.79 Å². The lowest BCUT2D eigenvalue weighted by Gasteiger charge is -1.89. The Hall–Kier alpha value is -0.700. The summed E-state index contributed by atoms with van der Waals surface area (Å²) in [6.07, 6.45) is 3.13. The summed E-state index contributed by atoms with van der Waals surface area (Å²) in [4.78, 5) is 9.89. The van der Waals surface area contributed by atoms with Gasteiger partial charge in [-0.3, -0.25) is 0 Å². The van der Waals surface area contributed by atoms with Crippen molar-refractivity contribution in [1.29, 1.82) is 0 Å². The van der Waals surface area contributed by atoms with Gasteiger partial charge in [-0.25, -0.2) is 0 Å². The predicted molar refractivity (Wildman–Crippen MR) is 40.1 cm³/mol. The molecule has 0 unspecified atom stereocenters. The van der Waals surface area contributed by atoms with E-state index in [-0.39, 0.29) is 0 Å². The van der Waals surface area contributed by atoms with Crippen LogP contribution in [0.4, 0.5) is 0 Å². The number of carbonyl (C=O) groups excluding carboxylic acids is 1. The lowest BCUT2D eigenvalue weighted by molar-refractivity contribution is -0.107. The smallest absolute Gasteiger partial charge is 0.160 e. The van der Waals surface area contributed by atoms with Crippen LogP contribution in [0.25, 0.3) is 0 Å². The molecule has 1 heterocycles.